The summed E-state index contributed by atoms with van der Waals surface area (Å²) in [5, 5.41) is 11.3. The second-order valence-electron chi connectivity index (χ2n) is 10.1. The maximum atomic E-state index is 14.6. The van der Waals surface area contributed by atoms with Crippen LogP contribution < -0.4 is 11.1 Å². The van der Waals surface area contributed by atoms with E-state index in [-0.39, 0.29) is 24.6 Å². The predicted molar refractivity (Wildman–Crippen MR) is 154 cm³/mol. The Balaban J connectivity index is 1.58. The van der Waals surface area contributed by atoms with E-state index in [4.69, 9.17) is 15.9 Å². The Labute approximate surface area is 236 Å². The van der Waals surface area contributed by atoms with Gasteiger partial charge in [0.15, 0.2) is 0 Å². The van der Waals surface area contributed by atoms with Crippen LogP contribution >= 0.6 is 11.8 Å². The first kappa shape index (κ1) is 29.7. The number of nitrogens with one attached hydrogen (secondary N) is 2. The molecule has 0 radical (unpaired) electrons. The lowest BCUT2D eigenvalue weighted by Crippen LogP contribution is -2.49. The molecule has 1 aromatic carbocycles. The van der Waals surface area contributed by atoms with E-state index >= 15 is 0 Å². The zero-order valence-electron chi connectivity index (χ0n) is 22.4. The first-order valence-corrected chi connectivity index (χ1v) is 14.0. The van der Waals surface area contributed by atoms with Crippen LogP contribution in [0, 0.1) is 17.1 Å². The number of hydrogen-bond donors (Lipinski definition) is 3. The van der Waals surface area contributed by atoms with Gasteiger partial charge in [0.25, 0.3) is 5.92 Å². The van der Waals surface area contributed by atoms with Gasteiger partial charge < -0.3 is 26.1 Å². The van der Waals surface area contributed by atoms with E-state index in [1.165, 1.54) is 23.9 Å². The van der Waals surface area contributed by atoms with Crippen molar-refractivity contribution in [1.82, 2.24) is 10.2 Å². The smallest absolute Gasteiger partial charge is 0.271 e. The molecule has 1 aliphatic carbocycles. The van der Waals surface area contributed by atoms with Gasteiger partial charge in [0.05, 0.1) is 11.6 Å². The molecule has 0 aromatic heterocycles. The zero-order chi connectivity index (χ0) is 28.9. The van der Waals surface area contributed by atoms with Crippen LogP contribution in [-0.4, -0.2) is 44.0 Å². The molecule has 2 aliphatic heterocycles. The fraction of sp³-hybridized carbons (Fsp3) is 0.367. The van der Waals surface area contributed by atoms with Crippen LogP contribution in [0.5, 0.6) is 0 Å². The molecular formula is C30H34F4N4OS. The van der Waals surface area contributed by atoms with Gasteiger partial charge in [-0.05, 0) is 36.8 Å². The molecule has 0 spiro atoms. The van der Waals surface area contributed by atoms with Gasteiger partial charge in [-0.1, -0.05) is 30.5 Å². The van der Waals surface area contributed by atoms with Crippen LogP contribution in [0.15, 0.2) is 82.5 Å². The van der Waals surface area contributed by atoms with Gasteiger partial charge in [0.2, 0.25) is 0 Å². The molecule has 0 bridgehead atoms. The molecule has 4 N–H and O–H groups in total. The second-order valence-corrected chi connectivity index (χ2v) is 11.2. The molecular weight excluding hydrogens is 540 g/mol. The highest BCUT2D eigenvalue weighted by molar-refractivity contribution is 8.12. The summed E-state index contributed by atoms with van der Waals surface area (Å²) < 4.78 is 62.1. The summed E-state index contributed by atoms with van der Waals surface area (Å²) in [7, 11) is 0. The number of nitrogens with two attached hydrogens (primary N) is 1. The number of halogens is 4. The summed E-state index contributed by atoms with van der Waals surface area (Å²) in [6.07, 6.45) is 9.55. The lowest BCUT2D eigenvalue weighted by molar-refractivity contribution is 0.0169. The van der Waals surface area contributed by atoms with Crippen molar-refractivity contribution >= 4 is 22.9 Å². The van der Waals surface area contributed by atoms with Crippen molar-refractivity contribution < 1.29 is 22.3 Å². The third kappa shape index (κ3) is 7.09. The molecule has 1 fully saturated rings. The number of thioether (sulfide) groups is 1. The van der Waals surface area contributed by atoms with E-state index in [0.717, 1.165) is 57.1 Å². The van der Waals surface area contributed by atoms with Crippen molar-refractivity contribution in [3.63, 3.8) is 0 Å². The molecule has 0 amide bonds. The Hall–Kier alpha value is -3.24. The molecule has 3 aliphatic rings. The summed E-state index contributed by atoms with van der Waals surface area (Å²) >= 11 is 1.20. The number of rotatable bonds is 12. The molecule has 1 saturated heterocycles. The van der Waals surface area contributed by atoms with E-state index in [1.807, 2.05) is 12.2 Å². The summed E-state index contributed by atoms with van der Waals surface area (Å²) in [6, 6.07) is 3.35. The van der Waals surface area contributed by atoms with Crippen molar-refractivity contribution in [2.45, 2.75) is 32.1 Å². The molecule has 4 rings (SSSR count). The van der Waals surface area contributed by atoms with E-state index < -0.39 is 17.3 Å². The van der Waals surface area contributed by atoms with E-state index in [0.29, 0.717) is 45.4 Å². The minimum absolute atomic E-state index is 0.166. The maximum Gasteiger partial charge on any atom is 0.271 e. The first-order valence-electron chi connectivity index (χ1n) is 13.1. The number of nitrogens with zero attached hydrogens (tertiary/aromatic N) is 1. The minimum Gasteiger partial charge on any atom is -0.465 e. The Morgan fingerprint density at radius 2 is 2.08 bits per heavy atom. The van der Waals surface area contributed by atoms with E-state index in [2.05, 4.69) is 16.8 Å². The molecule has 2 heterocycles. The Bertz CT molecular complexity index is 1300. The van der Waals surface area contributed by atoms with Gasteiger partial charge >= 0.3 is 0 Å². The van der Waals surface area contributed by atoms with Crippen LogP contribution in [0.3, 0.4) is 0 Å². The summed E-state index contributed by atoms with van der Waals surface area (Å²) in [5.41, 5.74) is 7.71. The number of allylic oxidation sites excluding steroid dienone is 8. The number of benzene rings is 1. The standard InChI is InChI=1S/C30H34F4N4OS/c1-3-4-26(36)24(16-35)28-14-27(29(40-28)23-10-5-20(32)13-25(23)30(2,33)34)39-22-8-6-21(7-9-22)37-11-12-38-17-19(15-31)18-38/h3-6,8,10,13,16,19,35,37H,1,7,9,11-12,14-15,17-18,36H2,2H3/b26-4+,28-24+,35-16?. The van der Waals surface area contributed by atoms with Gasteiger partial charge in [-0.25, -0.2) is 13.2 Å². The van der Waals surface area contributed by atoms with Gasteiger partial charge in [-0.15, -0.1) is 0 Å². The van der Waals surface area contributed by atoms with Crippen LogP contribution in [0.1, 0.15) is 37.3 Å². The fourth-order valence-corrected chi connectivity index (χ4v) is 6.09. The largest absolute Gasteiger partial charge is 0.465 e. The van der Waals surface area contributed by atoms with Crippen molar-refractivity contribution in [3.05, 3.63) is 99.4 Å². The minimum atomic E-state index is -3.29. The third-order valence-corrected chi connectivity index (χ3v) is 8.21. The Morgan fingerprint density at radius 1 is 1.30 bits per heavy atom. The molecule has 0 unspecified atom stereocenters. The Kier molecular flexibility index (Phi) is 9.63. The normalized spacial score (nSPS) is 20.1. The molecule has 10 heteroatoms. The highest BCUT2D eigenvalue weighted by Crippen LogP contribution is 2.51. The predicted octanol–water partition coefficient (Wildman–Crippen LogP) is 6.74. The van der Waals surface area contributed by atoms with Crippen molar-refractivity contribution in [1.29, 1.82) is 5.41 Å². The SMILES string of the molecule is C=C/C=C(N)\C(C=N)=C1/CC(OC2=CC=C(NCCN3CC(CF)C3)CC2)=C(c2ccc(F)cc2C(C)(F)F)S1. The number of ether oxygens (including phenoxy) is 1. The van der Waals surface area contributed by atoms with Crippen LogP contribution in [0.2, 0.25) is 0 Å². The molecule has 5 nitrogen and oxygen atoms in total. The second kappa shape index (κ2) is 13.0. The molecule has 0 atom stereocenters. The number of alkyl halides is 3. The highest BCUT2D eigenvalue weighted by Gasteiger charge is 2.34. The topological polar surface area (TPSA) is 74.4 Å². The lowest BCUT2D eigenvalue weighted by atomic mass is 10.0. The number of hydrogen-bond acceptors (Lipinski definition) is 6. The average Bonchev–Trinajstić information content (AvgIpc) is 3.29. The zero-order valence-corrected chi connectivity index (χ0v) is 23.2. The van der Waals surface area contributed by atoms with Gasteiger partial charge in [-0.3, -0.25) is 4.39 Å². The van der Waals surface area contributed by atoms with Gasteiger partial charge in [0.1, 0.15) is 17.3 Å². The number of likely N-dealkylation sites (tertiary alicyclic amines) is 1. The molecule has 0 saturated carbocycles. The average molecular weight is 575 g/mol. The van der Waals surface area contributed by atoms with E-state index in [9.17, 15) is 17.6 Å². The molecule has 214 valence electrons. The third-order valence-electron chi connectivity index (χ3n) is 6.95. The Morgan fingerprint density at radius 3 is 2.70 bits per heavy atom. The molecule has 40 heavy (non-hydrogen) atoms. The highest BCUT2D eigenvalue weighted by atomic mass is 32.2. The van der Waals surface area contributed by atoms with Gasteiger partial charge in [0, 0.05) is 91.1 Å². The summed E-state index contributed by atoms with van der Waals surface area (Å²) in [6.45, 7) is 7.34. The van der Waals surface area contributed by atoms with Crippen LogP contribution in [-0.2, 0) is 10.7 Å². The van der Waals surface area contributed by atoms with Crippen molar-refractivity contribution in [3.8, 4) is 0 Å². The van der Waals surface area contributed by atoms with Crippen LogP contribution in [0.4, 0.5) is 17.6 Å². The van der Waals surface area contributed by atoms with E-state index in [1.54, 1.807) is 6.08 Å². The van der Waals surface area contributed by atoms with Crippen molar-refractivity contribution in [2.24, 2.45) is 11.7 Å². The molecule has 1 aromatic rings. The first-order chi connectivity index (χ1) is 19.1. The van der Waals surface area contributed by atoms with Crippen LogP contribution in [0.25, 0.3) is 4.91 Å². The van der Waals surface area contributed by atoms with Gasteiger partial charge in [-0.2, -0.15) is 0 Å². The summed E-state index contributed by atoms with van der Waals surface area (Å²) in [4.78, 5) is 3.32. The van der Waals surface area contributed by atoms with Crippen molar-refractivity contribution in [2.75, 3.05) is 32.9 Å². The maximum absolute atomic E-state index is 14.6. The fourth-order valence-electron chi connectivity index (χ4n) is 4.84. The monoisotopic (exact) mass is 574 g/mol. The summed E-state index contributed by atoms with van der Waals surface area (Å²) in [5.74, 6) is -2.76. The lowest BCUT2D eigenvalue weighted by Gasteiger charge is -2.37. The quantitative estimate of drug-likeness (QED) is 0.146.